The number of hydrogen-bond donors (Lipinski definition) is 2. The van der Waals surface area contributed by atoms with Crippen LogP contribution in [0.5, 0.6) is 5.75 Å². The van der Waals surface area contributed by atoms with Crippen molar-refractivity contribution in [3.8, 4) is 5.75 Å². The average Bonchev–Trinajstić information content (AvgIpc) is 2.54. The van der Waals surface area contributed by atoms with Gasteiger partial charge in [-0.2, -0.15) is 0 Å². The number of carboxylic acids is 2. The Kier molecular flexibility index (Phi) is 8.25. The lowest BCUT2D eigenvalue weighted by Gasteiger charge is -2.26. The number of esters is 1. The zero-order chi connectivity index (χ0) is 18.8. The van der Waals surface area contributed by atoms with Crippen molar-refractivity contribution in [2.45, 2.75) is 26.7 Å². The van der Waals surface area contributed by atoms with Gasteiger partial charge in [-0.1, -0.05) is 6.07 Å². The molecule has 0 aliphatic rings. The molecule has 8 nitrogen and oxygen atoms in total. The van der Waals surface area contributed by atoms with Crippen molar-refractivity contribution >= 4 is 23.6 Å². The number of aliphatic carboxylic acids is 2. The second kappa shape index (κ2) is 10.2. The summed E-state index contributed by atoms with van der Waals surface area (Å²) in [7, 11) is 0. The average molecular weight is 353 g/mol. The Hall–Kier alpha value is -2.77. The van der Waals surface area contributed by atoms with E-state index in [2.05, 4.69) is 0 Å². The van der Waals surface area contributed by atoms with Crippen molar-refractivity contribution in [3.63, 3.8) is 0 Å². The number of ether oxygens (including phenoxy) is 2. The lowest BCUT2D eigenvalue weighted by molar-refractivity contribution is -0.145. The zero-order valence-electron chi connectivity index (χ0n) is 14.4. The molecule has 8 heteroatoms. The van der Waals surface area contributed by atoms with Crippen LogP contribution < -0.4 is 9.64 Å². The molecule has 1 aromatic carbocycles. The van der Waals surface area contributed by atoms with Crippen molar-refractivity contribution in [2.24, 2.45) is 0 Å². The molecular weight excluding hydrogens is 330 g/mol. The maximum Gasteiger partial charge on any atom is 0.344 e. The standard InChI is InChI=1S/C17H23NO7/c1-3-24-17(23)11-25-13-5-4-12(2)14(10-13)18(8-6-15(19)20)9-7-16(21)22/h4-5,10H,3,6-9,11H2,1-2H3,(H,19,20)(H,21,22). The van der Waals surface area contributed by atoms with Gasteiger partial charge in [0.15, 0.2) is 6.61 Å². The van der Waals surface area contributed by atoms with Crippen LogP contribution in [0.4, 0.5) is 5.69 Å². The first-order chi connectivity index (χ1) is 11.8. The van der Waals surface area contributed by atoms with Gasteiger partial charge in [-0.25, -0.2) is 4.79 Å². The van der Waals surface area contributed by atoms with E-state index in [0.717, 1.165) is 5.56 Å². The first-order valence-corrected chi connectivity index (χ1v) is 7.91. The summed E-state index contributed by atoms with van der Waals surface area (Å²) >= 11 is 0. The van der Waals surface area contributed by atoms with Crippen LogP contribution in [0, 0.1) is 6.92 Å². The summed E-state index contributed by atoms with van der Waals surface area (Å²) in [6.45, 7) is 3.90. The number of rotatable bonds is 11. The fourth-order valence-corrected chi connectivity index (χ4v) is 2.18. The number of carboxylic acid groups (broad SMARTS) is 2. The smallest absolute Gasteiger partial charge is 0.344 e. The molecule has 0 unspecified atom stereocenters. The molecule has 0 atom stereocenters. The Bertz CT molecular complexity index is 597. The second-order valence-electron chi connectivity index (χ2n) is 5.32. The van der Waals surface area contributed by atoms with Crippen molar-refractivity contribution in [1.82, 2.24) is 0 Å². The van der Waals surface area contributed by atoms with Crippen LogP contribution in [0.25, 0.3) is 0 Å². The Labute approximate surface area is 146 Å². The van der Waals surface area contributed by atoms with E-state index in [0.29, 0.717) is 11.4 Å². The van der Waals surface area contributed by atoms with Crippen molar-refractivity contribution in [3.05, 3.63) is 23.8 Å². The van der Waals surface area contributed by atoms with E-state index < -0.39 is 17.9 Å². The molecule has 0 radical (unpaired) electrons. The minimum absolute atomic E-state index is 0.118. The lowest BCUT2D eigenvalue weighted by Crippen LogP contribution is -2.29. The monoisotopic (exact) mass is 353 g/mol. The summed E-state index contributed by atoms with van der Waals surface area (Å²) in [4.78, 5) is 34.7. The van der Waals surface area contributed by atoms with Crippen LogP contribution in [-0.2, 0) is 19.1 Å². The zero-order valence-corrected chi connectivity index (χ0v) is 14.4. The minimum atomic E-state index is -0.965. The van der Waals surface area contributed by atoms with E-state index in [9.17, 15) is 14.4 Å². The molecule has 0 spiro atoms. The van der Waals surface area contributed by atoms with Crippen LogP contribution in [0.3, 0.4) is 0 Å². The highest BCUT2D eigenvalue weighted by Gasteiger charge is 2.14. The number of aryl methyl sites for hydroxylation is 1. The summed E-state index contributed by atoms with van der Waals surface area (Å²) in [6, 6.07) is 5.12. The van der Waals surface area contributed by atoms with E-state index in [1.807, 2.05) is 6.92 Å². The molecule has 0 bridgehead atoms. The second-order valence-corrected chi connectivity index (χ2v) is 5.32. The fourth-order valence-electron chi connectivity index (χ4n) is 2.18. The minimum Gasteiger partial charge on any atom is -0.482 e. The van der Waals surface area contributed by atoms with Crippen molar-refractivity contribution in [2.75, 3.05) is 31.2 Å². The molecule has 0 aliphatic carbocycles. The summed E-state index contributed by atoms with van der Waals surface area (Å²) in [6.07, 6.45) is -0.236. The third-order valence-electron chi connectivity index (χ3n) is 3.37. The maximum absolute atomic E-state index is 11.4. The third-order valence-corrected chi connectivity index (χ3v) is 3.37. The van der Waals surface area contributed by atoms with E-state index in [1.54, 1.807) is 30.0 Å². The van der Waals surface area contributed by atoms with E-state index in [4.69, 9.17) is 19.7 Å². The number of anilines is 1. The number of carbonyl (C=O) groups excluding carboxylic acids is 1. The van der Waals surface area contributed by atoms with Gasteiger partial charge in [0.05, 0.1) is 19.4 Å². The van der Waals surface area contributed by atoms with Crippen LogP contribution in [0.2, 0.25) is 0 Å². The Morgan fingerprint density at radius 3 is 2.20 bits per heavy atom. The molecular formula is C17H23NO7. The molecule has 2 N–H and O–H groups in total. The third kappa shape index (κ3) is 7.56. The molecule has 0 saturated carbocycles. The fraction of sp³-hybridized carbons (Fsp3) is 0.471. The highest BCUT2D eigenvalue weighted by Crippen LogP contribution is 2.26. The van der Waals surface area contributed by atoms with Gasteiger partial charge in [0.2, 0.25) is 0 Å². The van der Waals surface area contributed by atoms with Gasteiger partial charge in [0.1, 0.15) is 5.75 Å². The normalized spacial score (nSPS) is 10.2. The van der Waals surface area contributed by atoms with Crippen molar-refractivity contribution < 1.29 is 34.1 Å². The lowest BCUT2D eigenvalue weighted by atomic mass is 10.1. The van der Waals surface area contributed by atoms with E-state index in [1.165, 1.54) is 0 Å². The molecule has 0 saturated heterocycles. The van der Waals surface area contributed by atoms with Crippen LogP contribution in [0.15, 0.2) is 18.2 Å². The van der Waals surface area contributed by atoms with Gasteiger partial charge in [-0.3, -0.25) is 9.59 Å². The molecule has 0 fully saturated rings. The molecule has 0 amide bonds. The van der Waals surface area contributed by atoms with Crippen molar-refractivity contribution in [1.29, 1.82) is 0 Å². The molecule has 1 aromatic rings. The highest BCUT2D eigenvalue weighted by molar-refractivity contribution is 5.71. The summed E-state index contributed by atoms with van der Waals surface area (Å²) in [5.41, 5.74) is 1.52. The first-order valence-electron chi connectivity index (χ1n) is 7.91. The number of nitrogens with zero attached hydrogens (tertiary/aromatic N) is 1. The van der Waals surface area contributed by atoms with E-state index >= 15 is 0 Å². The van der Waals surface area contributed by atoms with Crippen LogP contribution >= 0.6 is 0 Å². The first kappa shape index (κ1) is 20.3. The number of benzene rings is 1. The Balaban J connectivity index is 2.90. The molecule has 138 valence electrons. The van der Waals surface area contributed by atoms with Gasteiger partial charge in [0, 0.05) is 24.8 Å². The van der Waals surface area contributed by atoms with Crippen LogP contribution in [0.1, 0.15) is 25.3 Å². The molecule has 25 heavy (non-hydrogen) atoms. The molecule has 1 rings (SSSR count). The Morgan fingerprint density at radius 1 is 1.08 bits per heavy atom. The van der Waals surface area contributed by atoms with Gasteiger partial charge in [-0.15, -0.1) is 0 Å². The number of carbonyl (C=O) groups is 3. The van der Waals surface area contributed by atoms with E-state index in [-0.39, 0.29) is 39.1 Å². The van der Waals surface area contributed by atoms with Gasteiger partial charge < -0.3 is 24.6 Å². The molecule has 0 heterocycles. The molecule has 0 aliphatic heterocycles. The largest absolute Gasteiger partial charge is 0.482 e. The van der Waals surface area contributed by atoms with Gasteiger partial charge in [-0.05, 0) is 25.5 Å². The molecule has 0 aromatic heterocycles. The Morgan fingerprint density at radius 2 is 1.68 bits per heavy atom. The maximum atomic E-state index is 11.4. The number of hydrogen-bond acceptors (Lipinski definition) is 6. The summed E-state index contributed by atoms with van der Waals surface area (Å²) in [5.74, 6) is -2.00. The SMILES string of the molecule is CCOC(=O)COc1ccc(C)c(N(CCC(=O)O)CCC(=O)O)c1. The predicted molar refractivity (Wildman–Crippen MR) is 90.0 cm³/mol. The highest BCUT2D eigenvalue weighted by atomic mass is 16.6. The topological polar surface area (TPSA) is 113 Å². The van der Waals surface area contributed by atoms with Gasteiger partial charge in [0.25, 0.3) is 0 Å². The quantitative estimate of drug-likeness (QED) is 0.578. The predicted octanol–water partition coefficient (Wildman–Crippen LogP) is 1.69. The van der Waals surface area contributed by atoms with Gasteiger partial charge >= 0.3 is 17.9 Å². The van der Waals surface area contributed by atoms with Crippen LogP contribution in [-0.4, -0.2) is 54.4 Å². The summed E-state index contributed by atoms with van der Waals surface area (Å²) < 4.78 is 10.2. The summed E-state index contributed by atoms with van der Waals surface area (Å²) in [5, 5.41) is 17.8.